The van der Waals surface area contributed by atoms with E-state index in [2.05, 4.69) is 4.98 Å². The summed E-state index contributed by atoms with van der Waals surface area (Å²) in [5, 5.41) is 9.88. The van der Waals surface area contributed by atoms with E-state index >= 15 is 0 Å². The molecule has 30 heavy (non-hydrogen) atoms. The van der Waals surface area contributed by atoms with Crippen LogP contribution in [0.5, 0.6) is 5.75 Å². The second-order valence-corrected chi connectivity index (χ2v) is 8.17. The molecule has 2 amide bonds. The van der Waals surface area contributed by atoms with Gasteiger partial charge in [0.05, 0.1) is 23.7 Å². The van der Waals surface area contributed by atoms with Crippen molar-refractivity contribution in [1.82, 2.24) is 14.5 Å². The van der Waals surface area contributed by atoms with Crippen LogP contribution in [0.2, 0.25) is 5.02 Å². The van der Waals surface area contributed by atoms with Gasteiger partial charge in [-0.25, -0.2) is 9.98 Å². The molecule has 2 aromatic rings. The lowest BCUT2D eigenvalue weighted by Gasteiger charge is -2.35. The molecule has 0 spiro atoms. The number of imidazole rings is 1. The predicted molar refractivity (Wildman–Crippen MR) is 111 cm³/mol. The highest BCUT2D eigenvalue weighted by Gasteiger charge is 2.50. The molecule has 10 heteroatoms. The minimum Gasteiger partial charge on any atom is -0.506 e. The lowest BCUT2D eigenvalue weighted by Crippen LogP contribution is -2.53. The number of aliphatic imine (C=N–C) groups is 1. The Balaban J connectivity index is 1.67. The molecule has 0 bridgehead atoms. The summed E-state index contributed by atoms with van der Waals surface area (Å²) >= 11 is 6.04. The van der Waals surface area contributed by atoms with Crippen molar-refractivity contribution in [2.75, 3.05) is 11.4 Å². The Morgan fingerprint density at radius 3 is 2.87 bits per heavy atom. The molecule has 3 heterocycles. The van der Waals surface area contributed by atoms with E-state index in [1.54, 1.807) is 21.6 Å². The molecule has 2 aliphatic heterocycles. The van der Waals surface area contributed by atoms with E-state index in [1.165, 1.54) is 6.07 Å². The van der Waals surface area contributed by atoms with Crippen LogP contribution in [0.15, 0.2) is 23.2 Å². The Morgan fingerprint density at radius 1 is 1.37 bits per heavy atom. The highest BCUT2D eigenvalue weighted by molar-refractivity contribution is 6.32. The average molecular weight is 429 g/mol. The van der Waals surface area contributed by atoms with Crippen molar-refractivity contribution in [2.45, 2.75) is 44.8 Å². The zero-order chi connectivity index (χ0) is 21.2. The highest BCUT2D eigenvalue weighted by Crippen LogP contribution is 2.41. The third-order valence-corrected chi connectivity index (χ3v) is 6.33. The second-order valence-electron chi connectivity index (χ2n) is 7.76. The largest absolute Gasteiger partial charge is 0.506 e. The number of halogens is 1. The number of nitrogens with two attached hydrogens (primary N) is 1. The summed E-state index contributed by atoms with van der Waals surface area (Å²) in [5.41, 5.74) is 6.65. The molecule has 0 radical (unpaired) electrons. The first-order valence-electron chi connectivity index (χ1n) is 9.97. The third kappa shape index (κ3) is 2.61. The van der Waals surface area contributed by atoms with E-state index in [4.69, 9.17) is 22.3 Å². The number of hydrogen-bond acceptors (Lipinski definition) is 6. The van der Waals surface area contributed by atoms with Gasteiger partial charge >= 0.3 is 0 Å². The summed E-state index contributed by atoms with van der Waals surface area (Å²) in [5.74, 6) is 0.0469. The zero-order valence-electron chi connectivity index (χ0n) is 16.4. The number of aromatic hydroxyl groups is 1. The maximum atomic E-state index is 13.4. The van der Waals surface area contributed by atoms with Crippen molar-refractivity contribution in [3.63, 3.8) is 0 Å². The minimum atomic E-state index is -0.717. The molecular weight excluding hydrogens is 408 g/mol. The Labute approximate surface area is 177 Å². The van der Waals surface area contributed by atoms with E-state index < -0.39 is 5.91 Å². The van der Waals surface area contributed by atoms with E-state index in [0.717, 1.165) is 19.3 Å². The highest BCUT2D eigenvalue weighted by atomic mass is 35.5. The Bertz CT molecular complexity index is 1110. The Hall–Kier alpha value is -3.07. The van der Waals surface area contributed by atoms with Crippen LogP contribution >= 0.6 is 11.6 Å². The van der Waals surface area contributed by atoms with Gasteiger partial charge in [-0.15, -0.1) is 0 Å². The summed E-state index contributed by atoms with van der Waals surface area (Å²) in [6.07, 6.45) is 2.99. The van der Waals surface area contributed by atoms with Gasteiger partial charge in [0, 0.05) is 6.54 Å². The lowest BCUT2D eigenvalue weighted by atomic mass is 10.1. The number of carbonyl (C=O) groups excluding carboxylic acids is 2. The number of hydrogen-bond donors (Lipinski definition) is 2. The molecule has 3 aliphatic rings. The van der Waals surface area contributed by atoms with E-state index in [0.29, 0.717) is 29.6 Å². The number of fused-ring (bicyclic) bond motifs is 5. The molecule has 0 unspecified atom stereocenters. The van der Waals surface area contributed by atoms with Crippen molar-refractivity contribution < 1.29 is 14.7 Å². The van der Waals surface area contributed by atoms with Crippen molar-refractivity contribution in [2.24, 2.45) is 10.7 Å². The molecule has 9 nitrogen and oxygen atoms in total. The summed E-state index contributed by atoms with van der Waals surface area (Å²) in [6.45, 7) is 2.51. The quantitative estimate of drug-likeness (QED) is 0.771. The maximum absolute atomic E-state index is 13.4. The van der Waals surface area contributed by atoms with Crippen LogP contribution in [0.3, 0.4) is 0 Å². The molecule has 1 aliphatic carbocycles. The topological polar surface area (TPSA) is 117 Å². The molecule has 3 N–H and O–H groups in total. The van der Waals surface area contributed by atoms with Gasteiger partial charge in [-0.3, -0.25) is 19.4 Å². The van der Waals surface area contributed by atoms with Crippen LogP contribution in [0.1, 0.15) is 52.9 Å². The fourth-order valence-electron chi connectivity index (χ4n) is 4.68. The van der Waals surface area contributed by atoms with Crippen LogP contribution in [-0.2, 0) is 6.54 Å². The van der Waals surface area contributed by atoms with Gasteiger partial charge < -0.3 is 15.4 Å². The first-order chi connectivity index (χ1) is 14.4. The van der Waals surface area contributed by atoms with Crippen LogP contribution in [0.25, 0.3) is 0 Å². The normalized spacial score (nSPS) is 22.1. The molecule has 5 rings (SSSR count). The third-order valence-electron chi connectivity index (χ3n) is 6.03. The van der Waals surface area contributed by atoms with Gasteiger partial charge in [-0.2, -0.15) is 0 Å². The van der Waals surface area contributed by atoms with Crippen LogP contribution in [0, 0.1) is 0 Å². The number of primary amides is 1. The molecule has 1 saturated carbocycles. The molecule has 156 valence electrons. The average Bonchev–Trinajstić information content (AvgIpc) is 3.38. The summed E-state index contributed by atoms with van der Waals surface area (Å²) < 4.78 is 1.55. The lowest BCUT2D eigenvalue weighted by molar-refractivity contribution is 0.0835. The first-order valence-corrected chi connectivity index (χ1v) is 10.3. The maximum Gasteiger partial charge on any atom is 0.284 e. The number of anilines is 1. The summed E-state index contributed by atoms with van der Waals surface area (Å²) in [4.78, 5) is 38.6. The number of phenolic OH excluding ortho intramolecular Hbond substituents is 1. The minimum absolute atomic E-state index is 0.0105. The van der Waals surface area contributed by atoms with Crippen LogP contribution in [-0.4, -0.2) is 56.0 Å². The molecule has 2 atom stereocenters. The summed E-state index contributed by atoms with van der Waals surface area (Å²) in [6, 6.07) is 5.01. The standard InChI is InChI=1S/C20H21ClN6O3/c1-2-25-19(30)15-17(27-13-5-3-4-12(13)23-20(25)27)24-18(16(22)29)26(15)9-10-6-7-14(28)11(21)8-10/h6-8,12-13,28H,2-5,9H2,1H3,(H2,22,29)/t12-,13+/m1/s1. The molecule has 1 aromatic carbocycles. The second kappa shape index (κ2) is 6.73. The number of carbonyl (C=O) groups is 2. The number of phenols is 1. The van der Waals surface area contributed by atoms with Gasteiger partial charge in [0.2, 0.25) is 11.8 Å². The fraction of sp³-hybridized carbons (Fsp3) is 0.400. The number of rotatable bonds is 4. The molecule has 1 aromatic heterocycles. The zero-order valence-corrected chi connectivity index (χ0v) is 17.1. The SMILES string of the molecule is CCN1C(=O)c2c(nc(C(N)=O)n2Cc2ccc(O)c(Cl)c2)N2C1=N[C@@H]1CCC[C@@H]12. The van der Waals surface area contributed by atoms with Gasteiger partial charge in [-0.05, 0) is 43.9 Å². The van der Waals surface area contributed by atoms with Crippen molar-refractivity contribution in [3.05, 3.63) is 40.3 Å². The predicted octanol–water partition coefficient (Wildman–Crippen LogP) is 1.96. The van der Waals surface area contributed by atoms with Crippen molar-refractivity contribution in [1.29, 1.82) is 0 Å². The number of nitrogens with zero attached hydrogens (tertiary/aromatic N) is 5. The fourth-order valence-corrected chi connectivity index (χ4v) is 4.88. The number of guanidine groups is 1. The van der Waals surface area contributed by atoms with E-state index in [1.807, 2.05) is 11.8 Å². The summed E-state index contributed by atoms with van der Waals surface area (Å²) in [7, 11) is 0. The van der Waals surface area contributed by atoms with E-state index in [9.17, 15) is 14.7 Å². The number of amides is 2. The Morgan fingerprint density at radius 2 is 2.17 bits per heavy atom. The van der Waals surface area contributed by atoms with E-state index in [-0.39, 0.29) is 41.1 Å². The first kappa shape index (κ1) is 18.9. The van der Waals surface area contributed by atoms with Gasteiger partial charge in [0.1, 0.15) is 5.75 Å². The number of aromatic nitrogens is 2. The smallest absolute Gasteiger partial charge is 0.284 e. The van der Waals surface area contributed by atoms with Crippen LogP contribution in [0.4, 0.5) is 5.82 Å². The number of benzene rings is 1. The monoisotopic (exact) mass is 428 g/mol. The van der Waals surface area contributed by atoms with Gasteiger partial charge in [0.25, 0.3) is 11.8 Å². The molecule has 1 fully saturated rings. The Kier molecular flexibility index (Phi) is 4.25. The van der Waals surface area contributed by atoms with Crippen molar-refractivity contribution >= 4 is 35.2 Å². The molecule has 0 saturated heterocycles. The van der Waals surface area contributed by atoms with Crippen LogP contribution < -0.4 is 10.6 Å². The molecular formula is C20H21ClN6O3. The van der Waals surface area contributed by atoms with Crippen molar-refractivity contribution in [3.8, 4) is 5.75 Å². The van der Waals surface area contributed by atoms with Gasteiger partial charge in [-0.1, -0.05) is 17.7 Å². The van der Waals surface area contributed by atoms with Gasteiger partial charge in [0.15, 0.2) is 11.5 Å².